The Morgan fingerprint density at radius 3 is 2.81 bits per heavy atom. The fraction of sp³-hybridized carbons (Fsp3) is 0.111. The number of aryl methyl sites for hydroxylation is 1. The summed E-state index contributed by atoms with van der Waals surface area (Å²) < 4.78 is 0. The van der Waals surface area contributed by atoms with Crippen molar-refractivity contribution < 1.29 is 4.79 Å². The molecule has 0 aromatic carbocycles. The fourth-order valence-corrected chi connectivity index (χ4v) is 1.64. The minimum absolute atomic E-state index is 0.274. The van der Waals surface area contributed by atoms with Crippen molar-refractivity contribution in [1.29, 1.82) is 0 Å². The number of anilines is 2. The van der Waals surface area contributed by atoms with E-state index in [0.29, 0.717) is 16.5 Å². The van der Waals surface area contributed by atoms with Gasteiger partial charge >= 0.3 is 0 Å². The molecule has 82 valence electrons. The van der Waals surface area contributed by atoms with Gasteiger partial charge in [0.05, 0.1) is 5.56 Å². The number of nitrogens with one attached hydrogen (secondary N) is 1. The molecular weight excluding hydrogens is 226 g/mol. The summed E-state index contributed by atoms with van der Waals surface area (Å²) in [5.74, 6) is 0.104. The smallest absolute Gasteiger partial charge is 0.259 e. The number of carbonyl (C=O) groups excluding carboxylic acids is 1. The van der Waals surface area contributed by atoms with Crippen molar-refractivity contribution in [3.8, 4) is 0 Å². The first-order chi connectivity index (χ1) is 7.65. The average molecular weight is 235 g/mol. The second kappa shape index (κ2) is 4.23. The molecule has 2 rings (SSSR count). The number of aromatic nitrogens is 3. The number of nitrogen functional groups attached to an aromatic ring is 1. The zero-order chi connectivity index (χ0) is 11.5. The van der Waals surface area contributed by atoms with Crippen LogP contribution in [0.3, 0.4) is 0 Å². The molecule has 0 aliphatic rings. The Balaban J connectivity index is 2.11. The molecule has 0 saturated carbocycles. The third-order valence-corrected chi connectivity index (χ3v) is 2.55. The van der Waals surface area contributed by atoms with Gasteiger partial charge in [-0.05, 0) is 19.1 Å². The predicted molar refractivity (Wildman–Crippen MR) is 61.2 cm³/mol. The van der Waals surface area contributed by atoms with Gasteiger partial charge in [0.2, 0.25) is 5.13 Å². The summed E-state index contributed by atoms with van der Waals surface area (Å²) in [7, 11) is 0. The molecule has 2 heterocycles. The Bertz CT molecular complexity index is 507. The van der Waals surface area contributed by atoms with E-state index in [1.165, 1.54) is 17.5 Å². The molecule has 16 heavy (non-hydrogen) atoms. The van der Waals surface area contributed by atoms with Gasteiger partial charge < -0.3 is 5.73 Å². The van der Waals surface area contributed by atoms with Crippen molar-refractivity contribution in [3.63, 3.8) is 0 Å². The number of amides is 1. The highest BCUT2D eigenvalue weighted by Crippen LogP contribution is 2.14. The van der Waals surface area contributed by atoms with E-state index in [2.05, 4.69) is 20.5 Å². The molecule has 0 bridgehead atoms. The van der Waals surface area contributed by atoms with Gasteiger partial charge in [-0.1, -0.05) is 11.3 Å². The van der Waals surface area contributed by atoms with E-state index in [0.717, 1.165) is 5.01 Å². The fourth-order valence-electron chi connectivity index (χ4n) is 1.06. The Hall–Kier alpha value is -2.02. The first-order valence-corrected chi connectivity index (χ1v) is 5.30. The third-order valence-electron chi connectivity index (χ3n) is 1.80. The monoisotopic (exact) mass is 235 g/mol. The van der Waals surface area contributed by atoms with Crippen LogP contribution >= 0.6 is 11.3 Å². The molecule has 2 aromatic rings. The standard InChI is InChI=1S/C9H9N5OS/c1-5-13-14-9(16-5)12-8(15)6-2-3-7(10)11-4-6/h2-4H,1H3,(H2,10,11)(H,12,14,15). The van der Waals surface area contributed by atoms with Crippen LogP contribution in [0, 0.1) is 6.92 Å². The molecule has 0 fully saturated rings. The third kappa shape index (κ3) is 2.31. The number of nitrogens with two attached hydrogens (primary N) is 1. The second-order valence-electron chi connectivity index (χ2n) is 3.05. The van der Waals surface area contributed by atoms with E-state index in [1.807, 2.05) is 6.92 Å². The van der Waals surface area contributed by atoms with Gasteiger partial charge in [-0.25, -0.2) is 4.98 Å². The molecule has 0 aliphatic heterocycles. The first kappa shape index (κ1) is 10.5. The summed E-state index contributed by atoms with van der Waals surface area (Å²) in [6.45, 7) is 1.82. The van der Waals surface area contributed by atoms with Crippen molar-refractivity contribution in [3.05, 3.63) is 28.9 Å². The minimum atomic E-state index is -0.274. The summed E-state index contributed by atoms with van der Waals surface area (Å²) in [5, 5.41) is 11.5. The maximum absolute atomic E-state index is 11.7. The van der Waals surface area contributed by atoms with Gasteiger partial charge in [-0.15, -0.1) is 10.2 Å². The maximum Gasteiger partial charge on any atom is 0.259 e. The topological polar surface area (TPSA) is 93.8 Å². The van der Waals surface area contributed by atoms with Crippen LogP contribution in [-0.4, -0.2) is 21.1 Å². The molecule has 0 unspecified atom stereocenters. The van der Waals surface area contributed by atoms with E-state index < -0.39 is 0 Å². The van der Waals surface area contributed by atoms with E-state index in [-0.39, 0.29) is 5.91 Å². The number of carbonyl (C=O) groups is 1. The normalized spacial score (nSPS) is 10.1. The largest absolute Gasteiger partial charge is 0.384 e. The van der Waals surface area contributed by atoms with E-state index in [4.69, 9.17) is 5.73 Å². The van der Waals surface area contributed by atoms with Gasteiger partial charge in [-0.2, -0.15) is 0 Å². The predicted octanol–water partition coefficient (Wildman–Crippen LogP) is 1.08. The molecular formula is C9H9N5OS. The molecule has 0 radical (unpaired) electrons. The Labute approximate surface area is 95.5 Å². The van der Waals surface area contributed by atoms with Crippen molar-refractivity contribution in [1.82, 2.24) is 15.2 Å². The number of rotatable bonds is 2. The summed E-state index contributed by atoms with van der Waals surface area (Å²) in [6.07, 6.45) is 1.42. The molecule has 0 atom stereocenters. The van der Waals surface area contributed by atoms with Gasteiger partial charge in [0.1, 0.15) is 10.8 Å². The Morgan fingerprint density at radius 2 is 2.25 bits per heavy atom. The van der Waals surface area contributed by atoms with E-state index >= 15 is 0 Å². The zero-order valence-corrected chi connectivity index (χ0v) is 9.28. The summed E-state index contributed by atoms with van der Waals surface area (Å²) in [6, 6.07) is 3.17. The van der Waals surface area contributed by atoms with Crippen LogP contribution in [0.15, 0.2) is 18.3 Å². The highest BCUT2D eigenvalue weighted by molar-refractivity contribution is 7.15. The number of nitrogens with zero attached hydrogens (tertiary/aromatic N) is 3. The quantitative estimate of drug-likeness (QED) is 0.812. The van der Waals surface area contributed by atoms with Crippen LogP contribution in [0.4, 0.5) is 10.9 Å². The Morgan fingerprint density at radius 1 is 1.44 bits per heavy atom. The van der Waals surface area contributed by atoms with Gasteiger partial charge in [0, 0.05) is 6.20 Å². The lowest BCUT2D eigenvalue weighted by atomic mass is 10.2. The van der Waals surface area contributed by atoms with Crippen LogP contribution in [-0.2, 0) is 0 Å². The highest BCUT2D eigenvalue weighted by Gasteiger charge is 2.08. The molecule has 1 amide bonds. The Kier molecular flexibility index (Phi) is 2.78. The van der Waals surface area contributed by atoms with Crippen molar-refractivity contribution in [2.24, 2.45) is 0 Å². The lowest BCUT2D eigenvalue weighted by Gasteiger charge is -2.00. The van der Waals surface area contributed by atoms with Crippen LogP contribution in [0.5, 0.6) is 0 Å². The van der Waals surface area contributed by atoms with Gasteiger partial charge in [0.25, 0.3) is 5.91 Å². The summed E-state index contributed by atoms with van der Waals surface area (Å²) in [5.41, 5.74) is 5.85. The molecule has 2 aromatic heterocycles. The molecule has 3 N–H and O–H groups in total. The molecule has 0 spiro atoms. The number of hydrogen-bond acceptors (Lipinski definition) is 6. The lowest BCUT2D eigenvalue weighted by molar-refractivity contribution is 0.102. The zero-order valence-electron chi connectivity index (χ0n) is 8.47. The van der Waals surface area contributed by atoms with Gasteiger partial charge in [-0.3, -0.25) is 10.1 Å². The average Bonchev–Trinajstić information content (AvgIpc) is 2.65. The summed E-state index contributed by atoms with van der Waals surface area (Å²) >= 11 is 1.31. The van der Waals surface area contributed by atoms with Crippen LogP contribution < -0.4 is 11.1 Å². The summed E-state index contributed by atoms with van der Waals surface area (Å²) in [4.78, 5) is 15.5. The van der Waals surface area contributed by atoms with Crippen molar-refractivity contribution in [2.45, 2.75) is 6.92 Å². The first-order valence-electron chi connectivity index (χ1n) is 4.48. The van der Waals surface area contributed by atoms with E-state index in [1.54, 1.807) is 12.1 Å². The molecule has 0 aliphatic carbocycles. The van der Waals surface area contributed by atoms with E-state index in [9.17, 15) is 4.79 Å². The molecule has 0 saturated heterocycles. The molecule has 6 nitrogen and oxygen atoms in total. The maximum atomic E-state index is 11.7. The minimum Gasteiger partial charge on any atom is -0.384 e. The molecule has 7 heteroatoms. The van der Waals surface area contributed by atoms with Crippen LogP contribution in [0.2, 0.25) is 0 Å². The lowest BCUT2D eigenvalue weighted by Crippen LogP contribution is -2.12. The van der Waals surface area contributed by atoms with Crippen LogP contribution in [0.1, 0.15) is 15.4 Å². The SMILES string of the molecule is Cc1nnc(NC(=O)c2ccc(N)nc2)s1. The number of hydrogen-bond donors (Lipinski definition) is 2. The second-order valence-corrected chi connectivity index (χ2v) is 4.23. The van der Waals surface area contributed by atoms with Crippen molar-refractivity contribution in [2.75, 3.05) is 11.1 Å². The van der Waals surface area contributed by atoms with Gasteiger partial charge in [0.15, 0.2) is 0 Å². The highest BCUT2D eigenvalue weighted by atomic mass is 32.1. The van der Waals surface area contributed by atoms with Crippen molar-refractivity contribution >= 4 is 28.2 Å². The van der Waals surface area contributed by atoms with Crippen LogP contribution in [0.25, 0.3) is 0 Å². The number of pyridine rings is 1.